The van der Waals surface area contributed by atoms with Crippen LogP contribution >= 0.6 is 0 Å². The van der Waals surface area contributed by atoms with Gasteiger partial charge in [-0.2, -0.15) is 5.10 Å². The molecule has 0 N–H and O–H groups in total. The molecule has 1 aliphatic heterocycles. The molecule has 0 bridgehead atoms. The molecular formula is C14H21N5O5. The first-order chi connectivity index (χ1) is 11.3. The van der Waals surface area contributed by atoms with Gasteiger partial charge in [-0.3, -0.25) is 19.6 Å². The Morgan fingerprint density at radius 1 is 1.21 bits per heavy atom. The summed E-state index contributed by atoms with van der Waals surface area (Å²) in [4.78, 5) is 37.7. The van der Waals surface area contributed by atoms with Gasteiger partial charge in [0.05, 0.1) is 11.5 Å². The summed E-state index contributed by atoms with van der Waals surface area (Å²) >= 11 is 0. The van der Waals surface area contributed by atoms with Gasteiger partial charge in [0.1, 0.15) is 17.9 Å². The van der Waals surface area contributed by atoms with Crippen LogP contribution in [0.2, 0.25) is 0 Å². The standard InChI is InChI=1S/C14H21N5O5/c1-4-24-14(21)17-7-5-16(6-8-17)12(20)9-18-11(3)13(19(22)23)10(2)15-18/h4-9H2,1-3H3. The molecule has 132 valence electrons. The third kappa shape index (κ3) is 3.63. The van der Waals surface area contributed by atoms with Crippen LogP contribution in [0.25, 0.3) is 0 Å². The first kappa shape index (κ1) is 17.7. The number of hydrogen-bond acceptors (Lipinski definition) is 6. The first-order valence-corrected chi connectivity index (χ1v) is 7.73. The summed E-state index contributed by atoms with van der Waals surface area (Å²) in [6.45, 7) is 6.73. The topological polar surface area (TPSA) is 111 Å². The lowest BCUT2D eigenvalue weighted by Crippen LogP contribution is -2.51. The molecule has 2 amide bonds. The van der Waals surface area contributed by atoms with Crippen LogP contribution in [0.5, 0.6) is 0 Å². The van der Waals surface area contributed by atoms with Gasteiger partial charge in [-0.05, 0) is 20.8 Å². The third-order valence-electron chi connectivity index (χ3n) is 3.97. The van der Waals surface area contributed by atoms with Crippen molar-refractivity contribution in [1.29, 1.82) is 0 Å². The van der Waals surface area contributed by atoms with Crippen LogP contribution < -0.4 is 0 Å². The minimum absolute atomic E-state index is 0.0556. The highest BCUT2D eigenvalue weighted by Crippen LogP contribution is 2.21. The molecule has 0 aliphatic carbocycles. The maximum Gasteiger partial charge on any atom is 0.409 e. The average molecular weight is 339 g/mol. The van der Waals surface area contributed by atoms with Crippen LogP contribution in [0, 0.1) is 24.0 Å². The normalized spacial score (nSPS) is 14.6. The SMILES string of the molecule is CCOC(=O)N1CCN(C(=O)Cn2nc(C)c([N+](=O)[O-])c2C)CC1. The molecule has 1 saturated heterocycles. The van der Waals surface area contributed by atoms with E-state index in [2.05, 4.69) is 5.10 Å². The van der Waals surface area contributed by atoms with Gasteiger partial charge in [-0.1, -0.05) is 0 Å². The Morgan fingerprint density at radius 3 is 2.29 bits per heavy atom. The van der Waals surface area contributed by atoms with Crippen molar-refractivity contribution in [2.24, 2.45) is 0 Å². The lowest BCUT2D eigenvalue weighted by atomic mass is 10.3. The minimum Gasteiger partial charge on any atom is -0.450 e. The molecule has 1 aromatic rings. The van der Waals surface area contributed by atoms with Crippen LogP contribution in [0.1, 0.15) is 18.3 Å². The molecule has 0 spiro atoms. The van der Waals surface area contributed by atoms with E-state index >= 15 is 0 Å². The van der Waals surface area contributed by atoms with Crippen molar-refractivity contribution in [2.75, 3.05) is 32.8 Å². The Morgan fingerprint density at radius 2 is 1.79 bits per heavy atom. The molecule has 0 saturated carbocycles. The lowest BCUT2D eigenvalue weighted by Gasteiger charge is -2.34. The van der Waals surface area contributed by atoms with E-state index in [1.165, 1.54) is 4.68 Å². The number of ether oxygens (including phenoxy) is 1. The Balaban J connectivity index is 1.96. The highest BCUT2D eigenvalue weighted by molar-refractivity contribution is 5.76. The van der Waals surface area contributed by atoms with Crippen molar-refractivity contribution in [3.05, 3.63) is 21.5 Å². The van der Waals surface area contributed by atoms with Crippen LogP contribution in [0.3, 0.4) is 0 Å². The molecule has 0 atom stereocenters. The predicted molar refractivity (Wildman–Crippen MR) is 83.5 cm³/mol. The quantitative estimate of drug-likeness (QED) is 0.590. The van der Waals surface area contributed by atoms with E-state index in [0.717, 1.165) is 0 Å². The maximum absolute atomic E-state index is 12.4. The predicted octanol–water partition coefficient (Wildman–Crippen LogP) is 0.709. The number of carbonyl (C=O) groups is 2. The van der Waals surface area contributed by atoms with Crippen LogP contribution in [-0.2, 0) is 16.1 Å². The van der Waals surface area contributed by atoms with E-state index in [1.807, 2.05) is 0 Å². The van der Waals surface area contributed by atoms with Gasteiger partial charge in [-0.15, -0.1) is 0 Å². The van der Waals surface area contributed by atoms with Gasteiger partial charge >= 0.3 is 11.8 Å². The Labute approximate surface area is 139 Å². The van der Waals surface area contributed by atoms with E-state index in [9.17, 15) is 19.7 Å². The van der Waals surface area contributed by atoms with Gasteiger partial charge in [0.25, 0.3) is 0 Å². The summed E-state index contributed by atoms with van der Waals surface area (Å²) in [5.74, 6) is -0.181. The Hall–Kier alpha value is -2.65. The monoisotopic (exact) mass is 339 g/mol. The molecule has 10 nitrogen and oxygen atoms in total. The van der Waals surface area contributed by atoms with Crippen molar-refractivity contribution in [3.63, 3.8) is 0 Å². The molecule has 0 radical (unpaired) electrons. The van der Waals surface area contributed by atoms with Gasteiger partial charge in [-0.25, -0.2) is 4.79 Å². The smallest absolute Gasteiger partial charge is 0.409 e. The zero-order chi connectivity index (χ0) is 17.9. The first-order valence-electron chi connectivity index (χ1n) is 7.73. The fourth-order valence-electron chi connectivity index (χ4n) is 2.69. The largest absolute Gasteiger partial charge is 0.450 e. The fourth-order valence-corrected chi connectivity index (χ4v) is 2.69. The lowest BCUT2D eigenvalue weighted by molar-refractivity contribution is -0.386. The second kappa shape index (κ2) is 7.28. The second-order valence-electron chi connectivity index (χ2n) is 5.50. The number of nitro groups is 1. The van der Waals surface area contributed by atoms with Gasteiger partial charge < -0.3 is 14.5 Å². The average Bonchev–Trinajstić information content (AvgIpc) is 2.81. The van der Waals surface area contributed by atoms with Gasteiger partial charge in [0, 0.05) is 26.2 Å². The molecule has 10 heteroatoms. The van der Waals surface area contributed by atoms with Crippen LogP contribution in [0.15, 0.2) is 0 Å². The molecule has 2 heterocycles. The number of amides is 2. The van der Waals surface area contributed by atoms with Crippen molar-refractivity contribution in [2.45, 2.75) is 27.3 Å². The number of carbonyl (C=O) groups excluding carboxylic acids is 2. The Bertz CT molecular complexity index is 648. The number of nitrogens with zero attached hydrogens (tertiary/aromatic N) is 5. The molecular weight excluding hydrogens is 318 g/mol. The van der Waals surface area contributed by atoms with Crippen molar-refractivity contribution in [3.8, 4) is 0 Å². The molecule has 0 unspecified atom stereocenters. The molecule has 0 aromatic carbocycles. The van der Waals surface area contributed by atoms with E-state index in [1.54, 1.807) is 30.6 Å². The highest BCUT2D eigenvalue weighted by atomic mass is 16.6. The minimum atomic E-state index is -0.489. The number of aromatic nitrogens is 2. The summed E-state index contributed by atoms with van der Waals surface area (Å²) < 4.78 is 6.29. The summed E-state index contributed by atoms with van der Waals surface area (Å²) in [6.07, 6.45) is -0.376. The summed E-state index contributed by atoms with van der Waals surface area (Å²) in [5.41, 5.74) is 0.586. The van der Waals surface area contributed by atoms with E-state index in [-0.39, 0.29) is 29.9 Å². The zero-order valence-corrected chi connectivity index (χ0v) is 14.0. The van der Waals surface area contributed by atoms with E-state index in [0.29, 0.717) is 38.5 Å². The molecule has 24 heavy (non-hydrogen) atoms. The molecule has 1 aliphatic rings. The highest BCUT2D eigenvalue weighted by Gasteiger charge is 2.27. The molecule has 2 rings (SSSR count). The molecule has 1 aromatic heterocycles. The fraction of sp³-hybridized carbons (Fsp3) is 0.643. The van der Waals surface area contributed by atoms with E-state index in [4.69, 9.17) is 4.74 Å². The maximum atomic E-state index is 12.4. The van der Waals surface area contributed by atoms with Crippen LogP contribution in [-0.4, -0.2) is 69.3 Å². The van der Waals surface area contributed by atoms with Crippen molar-refractivity contribution >= 4 is 17.7 Å². The van der Waals surface area contributed by atoms with Gasteiger partial charge in [0.15, 0.2) is 0 Å². The summed E-state index contributed by atoms with van der Waals surface area (Å²) in [7, 11) is 0. The summed E-state index contributed by atoms with van der Waals surface area (Å²) in [6, 6.07) is 0. The van der Waals surface area contributed by atoms with E-state index < -0.39 is 4.92 Å². The number of rotatable bonds is 4. The van der Waals surface area contributed by atoms with Crippen molar-refractivity contribution in [1.82, 2.24) is 19.6 Å². The van der Waals surface area contributed by atoms with Gasteiger partial charge in [0.2, 0.25) is 5.91 Å². The zero-order valence-electron chi connectivity index (χ0n) is 14.0. The molecule has 1 fully saturated rings. The number of hydrogen-bond donors (Lipinski definition) is 0. The van der Waals surface area contributed by atoms with Crippen LogP contribution in [0.4, 0.5) is 10.5 Å². The third-order valence-corrected chi connectivity index (χ3v) is 3.97. The number of piperazine rings is 1. The number of aryl methyl sites for hydroxylation is 1. The second-order valence-corrected chi connectivity index (χ2v) is 5.50. The van der Waals surface area contributed by atoms with Crippen molar-refractivity contribution < 1.29 is 19.2 Å². The summed E-state index contributed by atoms with van der Waals surface area (Å²) in [5, 5.41) is 15.1. The Kier molecular flexibility index (Phi) is 5.37.